The number of benzene rings is 1. The average molecular weight is 245 g/mol. The second kappa shape index (κ2) is 5.02. The molecule has 1 aromatic rings. The molecule has 3 aliphatic rings. The molecule has 2 atom stereocenters. The fourth-order valence-corrected chi connectivity index (χ4v) is 3.58. The van der Waals surface area contributed by atoms with Crippen LogP contribution < -0.4 is 0 Å². The Balaban J connectivity index is 1.73. The molecule has 3 fully saturated rings. The maximum Gasteiger partial charge on any atom is 0.0552 e. The van der Waals surface area contributed by atoms with E-state index in [1.165, 1.54) is 43.6 Å². The summed E-state index contributed by atoms with van der Waals surface area (Å²) < 4.78 is 0. The summed E-state index contributed by atoms with van der Waals surface area (Å²) in [6.45, 7) is 5.71. The van der Waals surface area contributed by atoms with E-state index >= 15 is 0 Å². The van der Waals surface area contributed by atoms with Crippen LogP contribution in [0.5, 0.6) is 0 Å². The van der Waals surface area contributed by atoms with Crippen molar-refractivity contribution in [1.82, 2.24) is 4.90 Å². The van der Waals surface area contributed by atoms with Crippen LogP contribution in [0.4, 0.5) is 0 Å². The van der Waals surface area contributed by atoms with Gasteiger partial charge in [0.2, 0.25) is 0 Å². The van der Waals surface area contributed by atoms with Crippen LogP contribution in [0, 0.1) is 5.92 Å². The first-order valence-electron chi connectivity index (χ1n) is 7.21. The number of fused-ring (bicyclic) bond motifs is 3. The van der Waals surface area contributed by atoms with Gasteiger partial charge in [-0.2, -0.15) is 0 Å². The first kappa shape index (κ1) is 12.2. The van der Waals surface area contributed by atoms with E-state index in [1.54, 1.807) is 0 Å². The van der Waals surface area contributed by atoms with Gasteiger partial charge >= 0.3 is 0 Å². The number of aliphatic hydroxyl groups is 1. The van der Waals surface area contributed by atoms with Crippen LogP contribution in [0.1, 0.15) is 36.8 Å². The Hall–Kier alpha value is -0.860. The first-order chi connectivity index (χ1) is 8.72. The van der Waals surface area contributed by atoms with Crippen molar-refractivity contribution in [3.63, 3.8) is 0 Å². The lowest BCUT2D eigenvalue weighted by atomic mass is 9.75. The quantitative estimate of drug-likeness (QED) is 0.884. The summed E-state index contributed by atoms with van der Waals surface area (Å²) in [7, 11) is 0. The number of rotatable bonds is 3. The van der Waals surface area contributed by atoms with Gasteiger partial charge in [0.15, 0.2) is 0 Å². The fraction of sp³-hybridized carbons (Fsp3) is 0.625. The molecule has 3 heterocycles. The van der Waals surface area contributed by atoms with Gasteiger partial charge in [0, 0.05) is 6.54 Å². The third kappa shape index (κ3) is 2.45. The Bertz CT molecular complexity index is 390. The monoisotopic (exact) mass is 245 g/mol. The van der Waals surface area contributed by atoms with Crippen molar-refractivity contribution < 1.29 is 5.11 Å². The molecule has 0 aliphatic carbocycles. The molecule has 0 amide bonds. The zero-order valence-corrected chi connectivity index (χ0v) is 11.2. The van der Waals surface area contributed by atoms with Crippen LogP contribution in [0.15, 0.2) is 24.3 Å². The third-order valence-corrected chi connectivity index (χ3v) is 4.60. The summed E-state index contributed by atoms with van der Waals surface area (Å²) >= 11 is 0. The molecular formula is C16H23NO. The van der Waals surface area contributed by atoms with E-state index < -0.39 is 0 Å². The Labute approximate surface area is 110 Å². The normalized spacial score (nSPS) is 32.4. The van der Waals surface area contributed by atoms with E-state index in [2.05, 4.69) is 29.2 Å². The van der Waals surface area contributed by atoms with Gasteiger partial charge in [-0.3, -0.25) is 0 Å². The Kier molecular flexibility index (Phi) is 3.40. The molecule has 1 N–H and O–H groups in total. The van der Waals surface area contributed by atoms with Gasteiger partial charge in [-0.1, -0.05) is 24.3 Å². The van der Waals surface area contributed by atoms with Crippen molar-refractivity contribution in [3.8, 4) is 0 Å². The maximum absolute atomic E-state index is 9.40. The second-order valence-electron chi connectivity index (χ2n) is 6.04. The molecule has 2 nitrogen and oxygen atoms in total. The average Bonchev–Trinajstić information content (AvgIpc) is 2.40. The lowest BCUT2D eigenvalue weighted by molar-refractivity contribution is 0.0871. The van der Waals surface area contributed by atoms with E-state index in [9.17, 15) is 5.11 Å². The van der Waals surface area contributed by atoms with E-state index in [0.717, 1.165) is 18.3 Å². The number of nitrogens with zero attached hydrogens (tertiary/aromatic N) is 1. The Morgan fingerprint density at radius 2 is 1.89 bits per heavy atom. The molecule has 4 rings (SSSR count). The third-order valence-electron chi connectivity index (χ3n) is 4.60. The molecule has 0 spiro atoms. The van der Waals surface area contributed by atoms with Crippen LogP contribution >= 0.6 is 0 Å². The van der Waals surface area contributed by atoms with Crippen LogP contribution in [-0.4, -0.2) is 35.7 Å². The van der Waals surface area contributed by atoms with E-state index in [1.807, 2.05) is 6.92 Å². The van der Waals surface area contributed by atoms with Crippen LogP contribution in [0.25, 0.3) is 0 Å². The minimum atomic E-state index is -0.243. The lowest BCUT2D eigenvalue weighted by Crippen LogP contribution is -2.46. The lowest BCUT2D eigenvalue weighted by Gasteiger charge is -2.45. The first-order valence-corrected chi connectivity index (χ1v) is 7.21. The van der Waals surface area contributed by atoms with Crippen molar-refractivity contribution in [2.45, 2.75) is 38.2 Å². The van der Waals surface area contributed by atoms with E-state index in [-0.39, 0.29) is 6.10 Å². The summed E-state index contributed by atoms with van der Waals surface area (Å²) in [5, 5.41) is 9.40. The maximum atomic E-state index is 9.40. The van der Waals surface area contributed by atoms with Gasteiger partial charge in [0.1, 0.15) is 0 Å². The molecule has 3 aliphatic heterocycles. The highest BCUT2D eigenvalue weighted by Gasteiger charge is 2.34. The Morgan fingerprint density at radius 3 is 2.39 bits per heavy atom. The molecule has 2 unspecified atom stereocenters. The summed E-state index contributed by atoms with van der Waals surface area (Å²) in [5.41, 5.74) is 2.74. The van der Waals surface area contributed by atoms with Crippen LogP contribution in [-0.2, 0) is 6.42 Å². The zero-order chi connectivity index (χ0) is 12.5. The molecule has 2 heteroatoms. The highest BCUT2D eigenvalue weighted by Crippen LogP contribution is 2.38. The van der Waals surface area contributed by atoms with Gasteiger partial charge in [-0.15, -0.1) is 0 Å². The highest BCUT2D eigenvalue weighted by atomic mass is 16.3. The molecular weight excluding hydrogens is 222 g/mol. The molecule has 1 aromatic carbocycles. The summed E-state index contributed by atoms with van der Waals surface area (Å²) in [5.74, 6) is 1.64. The predicted molar refractivity (Wildman–Crippen MR) is 73.7 cm³/mol. The van der Waals surface area contributed by atoms with E-state index in [0.29, 0.717) is 0 Å². The molecule has 2 bridgehead atoms. The van der Waals surface area contributed by atoms with Crippen LogP contribution in [0.2, 0.25) is 0 Å². The van der Waals surface area contributed by atoms with Crippen molar-refractivity contribution in [1.29, 1.82) is 0 Å². The number of aliphatic hydroxyl groups excluding tert-OH is 1. The summed E-state index contributed by atoms with van der Waals surface area (Å²) in [6, 6.07) is 8.95. The second-order valence-corrected chi connectivity index (χ2v) is 6.04. The minimum absolute atomic E-state index is 0.243. The van der Waals surface area contributed by atoms with Gasteiger partial charge in [-0.25, -0.2) is 0 Å². The Morgan fingerprint density at radius 1 is 1.22 bits per heavy atom. The SMILES string of the molecule is CC(O)Cc1ccc(C2CN3CCC2CC3)cc1. The molecule has 3 saturated heterocycles. The van der Waals surface area contributed by atoms with Gasteiger partial charge in [0.05, 0.1) is 6.10 Å². The smallest absolute Gasteiger partial charge is 0.0552 e. The van der Waals surface area contributed by atoms with Crippen molar-refractivity contribution >= 4 is 0 Å². The van der Waals surface area contributed by atoms with Crippen LogP contribution in [0.3, 0.4) is 0 Å². The molecule has 0 saturated carbocycles. The topological polar surface area (TPSA) is 23.5 Å². The molecule has 18 heavy (non-hydrogen) atoms. The molecule has 0 radical (unpaired) electrons. The van der Waals surface area contributed by atoms with Gasteiger partial charge in [0.25, 0.3) is 0 Å². The van der Waals surface area contributed by atoms with Gasteiger partial charge in [-0.05, 0) is 62.2 Å². The largest absolute Gasteiger partial charge is 0.393 e. The highest BCUT2D eigenvalue weighted by molar-refractivity contribution is 5.27. The number of piperidine rings is 3. The standard InChI is InChI=1S/C16H23NO/c1-12(18)10-13-2-4-14(5-3-13)16-11-17-8-6-15(16)7-9-17/h2-5,12,15-16,18H,6-11H2,1H3. The number of hydrogen-bond acceptors (Lipinski definition) is 2. The molecule has 98 valence electrons. The summed E-state index contributed by atoms with van der Waals surface area (Å²) in [6.07, 6.45) is 3.27. The van der Waals surface area contributed by atoms with E-state index in [4.69, 9.17) is 0 Å². The van der Waals surface area contributed by atoms with Crippen molar-refractivity contribution in [2.75, 3.05) is 19.6 Å². The van der Waals surface area contributed by atoms with Crippen molar-refractivity contribution in [2.24, 2.45) is 5.92 Å². The van der Waals surface area contributed by atoms with Crippen molar-refractivity contribution in [3.05, 3.63) is 35.4 Å². The van der Waals surface area contributed by atoms with Gasteiger partial charge < -0.3 is 10.0 Å². The number of hydrogen-bond donors (Lipinski definition) is 1. The fourth-order valence-electron chi connectivity index (χ4n) is 3.58. The molecule has 0 aromatic heterocycles. The minimum Gasteiger partial charge on any atom is -0.393 e. The predicted octanol–water partition coefficient (Wildman–Crippen LogP) is 2.42. The summed E-state index contributed by atoms with van der Waals surface area (Å²) in [4.78, 5) is 2.61. The zero-order valence-electron chi connectivity index (χ0n) is 11.2.